The minimum atomic E-state index is -0.355. The highest BCUT2D eigenvalue weighted by Gasteiger charge is 2.51. The number of hydrogen-bond donors (Lipinski definition) is 1. The normalized spacial score (nSPS) is 24.6. The molecule has 0 radical (unpaired) electrons. The lowest BCUT2D eigenvalue weighted by Gasteiger charge is -2.37. The molecule has 0 bridgehead atoms. The van der Waals surface area contributed by atoms with E-state index in [1.807, 2.05) is 0 Å². The van der Waals surface area contributed by atoms with E-state index in [1.165, 1.54) is 18.9 Å². The third-order valence-electron chi connectivity index (χ3n) is 6.81. The fourth-order valence-electron chi connectivity index (χ4n) is 5.09. The maximum Gasteiger partial charge on any atom is 0.227 e. The van der Waals surface area contributed by atoms with Crippen LogP contribution in [0.25, 0.3) is 0 Å². The molecule has 3 aliphatic rings. The van der Waals surface area contributed by atoms with Gasteiger partial charge in [-0.1, -0.05) is 31.0 Å². The first-order valence-electron chi connectivity index (χ1n) is 10.5. The molecule has 1 spiro atoms. The molecule has 5 nitrogen and oxygen atoms in total. The number of nitrogens with one attached hydrogen (secondary N) is 1. The monoisotopic (exact) mass is 388 g/mol. The molecule has 152 valence electrons. The molecule has 0 aromatic heterocycles. The van der Waals surface area contributed by atoms with Crippen molar-refractivity contribution in [3.8, 4) is 0 Å². The molecular weight excluding hydrogens is 359 g/mol. The number of halogens is 1. The molecule has 1 atom stereocenters. The van der Waals surface area contributed by atoms with Crippen LogP contribution in [0.2, 0.25) is 0 Å². The summed E-state index contributed by atoms with van der Waals surface area (Å²) in [4.78, 5) is 27.8. The number of amides is 2. The van der Waals surface area contributed by atoms with Gasteiger partial charge in [0.05, 0.1) is 12.3 Å². The molecule has 1 unspecified atom stereocenters. The van der Waals surface area contributed by atoms with Gasteiger partial charge in [-0.2, -0.15) is 0 Å². The maximum atomic E-state index is 14.0. The van der Waals surface area contributed by atoms with Gasteiger partial charge in [0, 0.05) is 37.8 Å². The summed E-state index contributed by atoms with van der Waals surface area (Å²) in [5, 5.41) is 3.23. The molecule has 6 heteroatoms. The lowest BCUT2D eigenvalue weighted by Crippen LogP contribution is -2.46. The number of carbonyl (C=O) groups excluding carboxylic acids is 2. The van der Waals surface area contributed by atoms with Crippen LogP contribution in [0, 0.1) is 17.2 Å². The maximum absolute atomic E-state index is 14.0. The first-order valence-corrected chi connectivity index (χ1v) is 10.5. The third-order valence-corrected chi connectivity index (χ3v) is 6.81. The first kappa shape index (κ1) is 19.4. The fraction of sp³-hybridized carbons (Fsp3) is 0.636. The molecule has 1 aliphatic carbocycles. The van der Waals surface area contributed by atoms with Crippen LogP contribution in [0.15, 0.2) is 24.3 Å². The van der Waals surface area contributed by atoms with Gasteiger partial charge in [-0.25, -0.2) is 4.39 Å². The van der Waals surface area contributed by atoms with E-state index in [9.17, 15) is 14.0 Å². The highest BCUT2D eigenvalue weighted by molar-refractivity contribution is 5.84. The van der Waals surface area contributed by atoms with E-state index in [2.05, 4.69) is 5.32 Å². The molecule has 2 aliphatic heterocycles. The zero-order valence-electron chi connectivity index (χ0n) is 16.3. The third kappa shape index (κ3) is 3.93. The molecule has 28 heavy (non-hydrogen) atoms. The second-order valence-electron chi connectivity index (χ2n) is 8.56. The van der Waals surface area contributed by atoms with Crippen molar-refractivity contribution in [3.05, 3.63) is 35.6 Å². The number of carbonyl (C=O) groups is 2. The van der Waals surface area contributed by atoms with Crippen molar-refractivity contribution >= 4 is 11.8 Å². The molecular formula is C22H29FN2O3. The van der Waals surface area contributed by atoms with Gasteiger partial charge in [0.15, 0.2) is 0 Å². The molecule has 1 aromatic rings. The number of benzene rings is 1. The predicted molar refractivity (Wildman–Crippen MR) is 103 cm³/mol. The van der Waals surface area contributed by atoms with Gasteiger partial charge in [0.1, 0.15) is 5.82 Å². The predicted octanol–water partition coefficient (Wildman–Crippen LogP) is 2.68. The number of nitrogens with zero attached hydrogens (tertiary/aromatic N) is 1. The fourth-order valence-corrected chi connectivity index (χ4v) is 5.09. The van der Waals surface area contributed by atoms with Crippen LogP contribution in [0.3, 0.4) is 0 Å². The first-order chi connectivity index (χ1) is 13.6. The Morgan fingerprint density at radius 1 is 1.18 bits per heavy atom. The molecule has 3 fully saturated rings. The molecule has 1 N–H and O–H groups in total. The number of likely N-dealkylation sites (tertiary alicyclic amines) is 1. The molecule has 4 rings (SSSR count). The van der Waals surface area contributed by atoms with Gasteiger partial charge >= 0.3 is 0 Å². The van der Waals surface area contributed by atoms with Gasteiger partial charge < -0.3 is 15.0 Å². The Bertz CT molecular complexity index is 726. The van der Waals surface area contributed by atoms with Crippen molar-refractivity contribution in [2.75, 3.05) is 26.3 Å². The van der Waals surface area contributed by atoms with Gasteiger partial charge in [-0.05, 0) is 37.3 Å². The van der Waals surface area contributed by atoms with E-state index in [4.69, 9.17) is 4.74 Å². The van der Waals surface area contributed by atoms with E-state index >= 15 is 0 Å². The summed E-state index contributed by atoms with van der Waals surface area (Å²) in [6.07, 6.45) is 6.05. The number of hydrogen-bond acceptors (Lipinski definition) is 3. The Labute approximate surface area is 165 Å². The van der Waals surface area contributed by atoms with Crippen molar-refractivity contribution in [2.24, 2.45) is 11.3 Å². The Morgan fingerprint density at radius 3 is 2.61 bits per heavy atom. The van der Waals surface area contributed by atoms with Gasteiger partial charge in [0.2, 0.25) is 11.8 Å². The number of ether oxygens (including phenoxy) is 1. The van der Waals surface area contributed by atoms with E-state index in [-0.39, 0.29) is 41.4 Å². The highest BCUT2D eigenvalue weighted by atomic mass is 19.1. The Balaban J connectivity index is 1.48. The van der Waals surface area contributed by atoms with E-state index in [0.29, 0.717) is 31.9 Å². The summed E-state index contributed by atoms with van der Waals surface area (Å²) in [5.41, 5.74) is 0.193. The summed E-state index contributed by atoms with van der Waals surface area (Å²) < 4.78 is 19.5. The average molecular weight is 388 g/mol. The van der Waals surface area contributed by atoms with Crippen molar-refractivity contribution in [1.82, 2.24) is 10.2 Å². The standard InChI is InChI=1S/C22H29FN2O3/c23-19-8-4-1-5-16(19)13-20(26)25-14-18(21(27)24-17-6-2-3-7-17)22(15-25)9-11-28-12-10-22/h1,4-5,8,17-18H,2-3,6-7,9-15H2,(H,24,27). The SMILES string of the molecule is O=C(NC1CCCC1)C1CN(C(=O)Cc2ccccc2F)CC12CCOCC2. The van der Waals surface area contributed by atoms with E-state index < -0.39 is 0 Å². The highest BCUT2D eigenvalue weighted by Crippen LogP contribution is 2.44. The van der Waals surface area contributed by atoms with Crippen LogP contribution >= 0.6 is 0 Å². The van der Waals surface area contributed by atoms with Crippen molar-refractivity contribution in [3.63, 3.8) is 0 Å². The minimum Gasteiger partial charge on any atom is -0.381 e. The van der Waals surface area contributed by atoms with Crippen molar-refractivity contribution in [2.45, 2.75) is 51.0 Å². The van der Waals surface area contributed by atoms with Crippen LogP contribution < -0.4 is 5.32 Å². The largest absolute Gasteiger partial charge is 0.381 e. The average Bonchev–Trinajstić information content (AvgIpc) is 3.32. The second-order valence-corrected chi connectivity index (χ2v) is 8.56. The molecule has 2 saturated heterocycles. The van der Waals surface area contributed by atoms with E-state index in [0.717, 1.165) is 25.7 Å². The summed E-state index contributed by atoms with van der Waals surface area (Å²) in [5.74, 6) is -0.588. The number of rotatable bonds is 4. The quantitative estimate of drug-likeness (QED) is 0.863. The molecule has 2 amide bonds. The Kier molecular flexibility index (Phi) is 5.67. The lowest BCUT2D eigenvalue weighted by atomic mass is 9.71. The van der Waals surface area contributed by atoms with Crippen LogP contribution in [-0.2, 0) is 20.7 Å². The van der Waals surface area contributed by atoms with Crippen molar-refractivity contribution < 1.29 is 18.7 Å². The molecule has 1 saturated carbocycles. The zero-order valence-corrected chi connectivity index (χ0v) is 16.3. The second kappa shape index (κ2) is 8.19. The van der Waals surface area contributed by atoms with Crippen LogP contribution in [-0.4, -0.2) is 49.1 Å². The molecule has 2 heterocycles. The van der Waals surface area contributed by atoms with Gasteiger partial charge in [-0.15, -0.1) is 0 Å². The summed E-state index contributed by atoms with van der Waals surface area (Å²) >= 11 is 0. The van der Waals surface area contributed by atoms with Gasteiger partial charge in [-0.3, -0.25) is 9.59 Å². The smallest absolute Gasteiger partial charge is 0.227 e. The molecule has 1 aromatic carbocycles. The van der Waals surface area contributed by atoms with Crippen LogP contribution in [0.1, 0.15) is 44.1 Å². The van der Waals surface area contributed by atoms with E-state index in [1.54, 1.807) is 23.1 Å². The zero-order chi connectivity index (χ0) is 19.6. The Hall–Kier alpha value is -1.95. The topological polar surface area (TPSA) is 58.6 Å². The minimum absolute atomic E-state index is 0.0379. The Morgan fingerprint density at radius 2 is 1.89 bits per heavy atom. The lowest BCUT2D eigenvalue weighted by molar-refractivity contribution is -0.130. The summed E-state index contributed by atoms with van der Waals surface area (Å²) in [7, 11) is 0. The summed E-state index contributed by atoms with van der Waals surface area (Å²) in [6, 6.07) is 6.67. The summed E-state index contributed by atoms with van der Waals surface area (Å²) in [6.45, 7) is 2.24. The van der Waals surface area contributed by atoms with Gasteiger partial charge in [0.25, 0.3) is 0 Å². The van der Waals surface area contributed by atoms with Crippen LogP contribution in [0.5, 0.6) is 0 Å². The van der Waals surface area contributed by atoms with Crippen molar-refractivity contribution in [1.29, 1.82) is 0 Å². The van der Waals surface area contributed by atoms with Crippen LogP contribution in [0.4, 0.5) is 4.39 Å².